The normalized spacial score (nSPS) is 27.6. The third-order valence-corrected chi connectivity index (χ3v) is 4.04. The molecule has 0 aromatic carbocycles. The third kappa shape index (κ3) is 1.79. The molecule has 2 rings (SSSR count). The second-order valence-electron chi connectivity index (χ2n) is 3.84. The number of thioether (sulfide) groups is 1. The molecule has 5 N–H and O–H groups in total. The molecule has 1 fully saturated rings. The van der Waals surface area contributed by atoms with Crippen LogP contribution < -0.4 is 11.5 Å². The summed E-state index contributed by atoms with van der Waals surface area (Å²) in [6.07, 6.45) is -0.152. The molecule has 0 saturated carbocycles. The maximum absolute atomic E-state index is 11.5. The van der Waals surface area contributed by atoms with E-state index in [2.05, 4.69) is 0 Å². The third-order valence-electron chi connectivity index (χ3n) is 2.68. The zero-order chi connectivity index (χ0) is 12.7. The van der Waals surface area contributed by atoms with E-state index in [0.29, 0.717) is 11.3 Å². The topological polar surface area (TPSA) is 127 Å². The Kier molecular flexibility index (Phi) is 2.84. The fourth-order valence-corrected chi connectivity index (χ4v) is 3.22. The first kappa shape index (κ1) is 11.9. The molecule has 2 amide bonds. The Morgan fingerprint density at radius 2 is 2.18 bits per heavy atom. The number of carboxylic acids is 1. The van der Waals surface area contributed by atoms with E-state index in [1.807, 2.05) is 0 Å². The number of carboxylic acid groups (broad SMARTS) is 1. The summed E-state index contributed by atoms with van der Waals surface area (Å²) in [4.78, 5) is 34.6. The number of primary amides is 1. The summed E-state index contributed by atoms with van der Waals surface area (Å²) in [5.74, 6) is -1.92. The van der Waals surface area contributed by atoms with Gasteiger partial charge in [-0.15, -0.1) is 11.8 Å². The van der Waals surface area contributed by atoms with Crippen LogP contribution in [0.4, 0.5) is 0 Å². The highest BCUT2D eigenvalue weighted by Crippen LogP contribution is 2.40. The van der Waals surface area contributed by atoms with Gasteiger partial charge in [-0.2, -0.15) is 0 Å². The monoisotopic (exact) mass is 257 g/mol. The number of nitrogens with zero attached hydrogens (tertiary/aromatic N) is 1. The van der Waals surface area contributed by atoms with E-state index in [4.69, 9.17) is 16.6 Å². The van der Waals surface area contributed by atoms with Gasteiger partial charge in [0.2, 0.25) is 11.8 Å². The van der Waals surface area contributed by atoms with Crippen molar-refractivity contribution in [3.05, 3.63) is 11.3 Å². The van der Waals surface area contributed by atoms with Crippen LogP contribution in [0.3, 0.4) is 0 Å². The number of carbonyl (C=O) groups is 3. The van der Waals surface area contributed by atoms with Crippen LogP contribution in [0.15, 0.2) is 11.3 Å². The number of hydrogen-bond acceptors (Lipinski definition) is 5. The Morgan fingerprint density at radius 1 is 1.53 bits per heavy atom. The van der Waals surface area contributed by atoms with Gasteiger partial charge in [0.25, 0.3) is 0 Å². The van der Waals surface area contributed by atoms with Gasteiger partial charge in [-0.3, -0.25) is 14.5 Å². The van der Waals surface area contributed by atoms with Crippen LogP contribution in [0.25, 0.3) is 0 Å². The summed E-state index contributed by atoms with van der Waals surface area (Å²) in [6, 6.07) is -0.663. The van der Waals surface area contributed by atoms with Gasteiger partial charge < -0.3 is 16.6 Å². The number of hydrogen-bond donors (Lipinski definition) is 3. The first-order chi connectivity index (χ1) is 7.93. The average Bonchev–Trinajstić information content (AvgIpc) is 2.26. The number of rotatable bonds is 3. The largest absolute Gasteiger partial charge is 0.477 e. The summed E-state index contributed by atoms with van der Waals surface area (Å²) in [7, 11) is 0. The minimum Gasteiger partial charge on any atom is -0.477 e. The van der Waals surface area contributed by atoms with Crippen molar-refractivity contribution in [1.29, 1.82) is 0 Å². The lowest BCUT2D eigenvalue weighted by Gasteiger charge is -2.47. The zero-order valence-corrected chi connectivity index (χ0v) is 9.57. The van der Waals surface area contributed by atoms with Crippen LogP contribution in [0.1, 0.15) is 6.42 Å². The van der Waals surface area contributed by atoms with Crippen LogP contribution in [-0.4, -0.2) is 45.0 Å². The van der Waals surface area contributed by atoms with E-state index < -0.39 is 23.8 Å². The van der Waals surface area contributed by atoms with Gasteiger partial charge in [0.1, 0.15) is 17.1 Å². The van der Waals surface area contributed by atoms with Crippen molar-refractivity contribution in [1.82, 2.24) is 4.90 Å². The molecule has 17 heavy (non-hydrogen) atoms. The summed E-state index contributed by atoms with van der Waals surface area (Å²) in [6.45, 7) is 0. The second-order valence-corrected chi connectivity index (χ2v) is 4.94. The minimum absolute atomic E-state index is 0.140. The van der Waals surface area contributed by atoms with Gasteiger partial charge in [-0.05, 0) is 5.57 Å². The maximum Gasteiger partial charge on any atom is 0.352 e. The Hall–Kier alpha value is -1.54. The van der Waals surface area contributed by atoms with Crippen molar-refractivity contribution in [3.63, 3.8) is 0 Å². The van der Waals surface area contributed by atoms with Crippen molar-refractivity contribution < 1.29 is 19.5 Å². The Labute approximate surface area is 101 Å². The molecule has 92 valence electrons. The molecule has 0 aliphatic carbocycles. The van der Waals surface area contributed by atoms with Gasteiger partial charge in [0, 0.05) is 5.75 Å². The number of β-lactam (4-membered cyclic amide) rings is 1. The first-order valence-electron chi connectivity index (χ1n) is 4.87. The van der Waals surface area contributed by atoms with E-state index >= 15 is 0 Å². The van der Waals surface area contributed by atoms with E-state index in [1.54, 1.807) is 0 Å². The second kappa shape index (κ2) is 4.04. The Bertz CT molecular complexity index is 448. The molecule has 2 aliphatic heterocycles. The minimum atomic E-state index is -1.23. The number of nitrogens with two attached hydrogens (primary N) is 2. The fourth-order valence-electron chi connectivity index (χ4n) is 1.93. The van der Waals surface area contributed by atoms with Crippen LogP contribution in [-0.2, 0) is 14.4 Å². The highest BCUT2D eigenvalue weighted by Gasteiger charge is 2.51. The number of carbonyl (C=O) groups excluding carboxylic acids is 2. The smallest absolute Gasteiger partial charge is 0.352 e. The van der Waals surface area contributed by atoms with Gasteiger partial charge >= 0.3 is 5.97 Å². The average molecular weight is 257 g/mol. The maximum atomic E-state index is 11.5. The van der Waals surface area contributed by atoms with E-state index in [9.17, 15) is 14.4 Å². The standard InChI is InChI=1S/C9H11N3O4S/c10-4(13)1-3-2-17-8-5(11)7(14)12(8)6(3)9(15)16/h5,8H,1-2,11H2,(H2,10,13)(H,15,16). The van der Waals surface area contributed by atoms with Crippen molar-refractivity contribution in [3.8, 4) is 0 Å². The predicted octanol–water partition coefficient (Wildman–Crippen LogP) is -1.56. The zero-order valence-electron chi connectivity index (χ0n) is 8.75. The molecule has 0 radical (unpaired) electrons. The van der Waals surface area contributed by atoms with Crippen molar-refractivity contribution in [2.45, 2.75) is 17.8 Å². The lowest BCUT2D eigenvalue weighted by molar-refractivity contribution is -0.148. The highest BCUT2D eigenvalue weighted by atomic mass is 32.2. The molecule has 2 atom stereocenters. The fraction of sp³-hybridized carbons (Fsp3) is 0.444. The molecule has 0 bridgehead atoms. The van der Waals surface area contributed by atoms with Gasteiger partial charge in [0.15, 0.2) is 0 Å². The molecule has 2 unspecified atom stereocenters. The van der Waals surface area contributed by atoms with Crippen LogP contribution in [0, 0.1) is 0 Å². The molecule has 0 aromatic rings. The Balaban J connectivity index is 2.36. The highest BCUT2D eigenvalue weighted by molar-refractivity contribution is 8.00. The molecule has 0 spiro atoms. The van der Waals surface area contributed by atoms with Crippen molar-refractivity contribution in [2.24, 2.45) is 11.5 Å². The molecule has 2 heterocycles. The summed E-state index contributed by atoms with van der Waals surface area (Å²) in [5.41, 5.74) is 10.8. The van der Waals surface area contributed by atoms with Crippen LogP contribution in [0.2, 0.25) is 0 Å². The lowest BCUT2D eigenvalue weighted by Crippen LogP contribution is -2.68. The van der Waals surface area contributed by atoms with Crippen LogP contribution >= 0.6 is 11.8 Å². The summed E-state index contributed by atoms with van der Waals surface area (Å²) >= 11 is 1.35. The van der Waals surface area contributed by atoms with Crippen molar-refractivity contribution in [2.75, 3.05) is 5.75 Å². The number of amides is 2. The summed E-state index contributed by atoms with van der Waals surface area (Å²) in [5, 5.41) is 8.75. The van der Waals surface area contributed by atoms with E-state index in [-0.39, 0.29) is 17.5 Å². The van der Waals surface area contributed by atoms with Gasteiger partial charge in [-0.25, -0.2) is 4.79 Å². The Morgan fingerprint density at radius 3 is 2.71 bits per heavy atom. The molecule has 1 saturated heterocycles. The molecule has 2 aliphatic rings. The lowest BCUT2D eigenvalue weighted by atomic mass is 10.0. The predicted molar refractivity (Wildman–Crippen MR) is 59.5 cm³/mol. The van der Waals surface area contributed by atoms with E-state index in [0.717, 1.165) is 4.90 Å². The molecular weight excluding hydrogens is 246 g/mol. The van der Waals surface area contributed by atoms with Crippen LogP contribution in [0.5, 0.6) is 0 Å². The van der Waals surface area contributed by atoms with Gasteiger partial charge in [0.05, 0.1) is 6.42 Å². The summed E-state index contributed by atoms with van der Waals surface area (Å²) < 4.78 is 0. The quantitative estimate of drug-likeness (QED) is 0.525. The molecule has 0 aromatic heterocycles. The first-order valence-corrected chi connectivity index (χ1v) is 5.92. The van der Waals surface area contributed by atoms with E-state index in [1.165, 1.54) is 11.8 Å². The molecular formula is C9H11N3O4S. The number of aliphatic carboxylic acids is 1. The molecule has 7 nitrogen and oxygen atoms in total. The van der Waals surface area contributed by atoms with Crippen molar-refractivity contribution >= 4 is 29.5 Å². The SMILES string of the molecule is NC(=O)CC1=C(C(=O)O)N2C(=O)C(N)C2SC1. The number of fused-ring (bicyclic) bond motifs is 1. The molecule has 8 heteroatoms. The van der Waals surface area contributed by atoms with Gasteiger partial charge in [-0.1, -0.05) is 0 Å².